The van der Waals surface area contributed by atoms with Gasteiger partial charge in [-0.05, 0) is 93.0 Å². The average Bonchev–Trinajstić information content (AvgIpc) is 4.01. The minimum Gasteiger partial charge on any atom is -0.309 e. The molecule has 4 heteroatoms. The van der Waals surface area contributed by atoms with Crippen molar-refractivity contribution < 1.29 is 0 Å². The molecule has 12 aromatic rings. The molecule has 0 unspecified atom stereocenters. The maximum absolute atomic E-state index is 5.40. The molecule has 0 N–H and O–H groups in total. The molecule has 302 valence electrons. The summed E-state index contributed by atoms with van der Waals surface area (Å²) >= 11 is 1.82. The van der Waals surface area contributed by atoms with E-state index in [2.05, 4.69) is 193 Å². The molecule has 0 amide bonds. The molecular weight excluding hydrogens is 795 g/mol. The van der Waals surface area contributed by atoms with Gasteiger partial charge in [0.1, 0.15) is 0 Å². The van der Waals surface area contributed by atoms with Gasteiger partial charge in [-0.15, -0.1) is 11.3 Å². The lowest BCUT2D eigenvalue weighted by molar-refractivity contribution is 0.354. The van der Waals surface area contributed by atoms with Crippen LogP contribution in [0, 0.1) is 0 Å². The van der Waals surface area contributed by atoms with E-state index >= 15 is 0 Å². The molecule has 1 spiro atoms. The summed E-state index contributed by atoms with van der Waals surface area (Å²) in [4.78, 5) is 10.7. The van der Waals surface area contributed by atoms with Crippen LogP contribution in [0.3, 0.4) is 0 Å². The standard InChI is InChI=1S/C60H41N3S/c1-3-17-38(18-4-1)49-36-50(62-59(61-49)47-25-15-24-45-42-20-10-12-27-52(42)64-58(45)47)39-28-31-40(32-29-39)63-51-33-30-37-16-5-6-19-41(37)54(51)55-44-22-8-7-21-43(44)53-46-23-9-11-26-48(46)60(56(53)57(55)63)34-13-2-14-35-60/h1,3-12,15-33,36H,2,13-14,34-35H2. The summed E-state index contributed by atoms with van der Waals surface area (Å²) in [5.41, 5.74) is 14.6. The Balaban J connectivity index is 1.03. The number of thiophene rings is 1. The van der Waals surface area contributed by atoms with Gasteiger partial charge in [0, 0.05) is 58.7 Å². The van der Waals surface area contributed by atoms with Crippen LogP contribution < -0.4 is 0 Å². The number of aromatic nitrogens is 3. The molecule has 0 bridgehead atoms. The number of benzene rings is 9. The Morgan fingerprint density at radius 1 is 0.484 bits per heavy atom. The maximum atomic E-state index is 5.40. The van der Waals surface area contributed by atoms with Crippen LogP contribution in [0.4, 0.5) is 0 Å². The SMILES string of the molecule is c1ccc(-c2cc(-c3ccc(-n4c5ccc6ccccc6c5c5c6ccccc6c6c(c54)C4(CCCCC4)c4ccccc4-6)cc3)nc(-c3cccc4c3sc3ccccc34)n2)cc1. The number of rotatable bonds is 4. The lowest BCUT2D eigenvalue weighted by atomic mass is 9.67. The van der Waals surface area contributed by atoms with E-state index in [1.165, 1.54) is 118 Å². The van der Waals surface area contributed by atoms with E-state index in [1.807, 2.05) is 11.3 Å². The molecule has 0 saturated heterocycles. The van der Waals surface area contributed by atoms with Gasteiger partial charge in [-0.3, -0.25) is 0 Å². The van der Waals surface area contributed by atoms with Crippen molar-refractivity contribution in [3.8, 4) is 50.7 Å². The number of hydrogen-bond donors (Lipinski definition) is 0. The molecule has 0 atom stereocenters. The Morgan fingerprint density at radius 2 is 1.14 bits per heavy atom. The molecule has 2 aliphatic rings. The zero-order chi connectivity index (χ0) is 41.9. The Kier molecular flexibility index (Phi) is 7.79. The van der Waals surface area contributed by atoms with Crippen LogP contribution in [0.2, 0.25) is 0 Å². The van der Waals surface area contributed by atoms with Crippen molar-refractivity contribution in [2.75, 3.05) is 0 Å². The smallest absolute Gasteiger partial charge is 0.161 e. The first kappa shape index (κ1) is 36.1. The third-order valence-electron chi connectivity index (χ3n) is 14.6. The van der Waals surface area contributed by atoms with E-state index in [4.69, 9.17) is 9.97 Å². The van der Waals surface area contributed by atoms with Crippen LogP contribution in [0.1, 0.15) is 43.2 Å². The Bertz CT molecular complexity index is 3870. The first-order chi connectivity index (χ1) is 31.7. The van der Waals surface area contributed by atoms with E-state index in [0.717, 1.165) is 39.6 Å². The summed E-state index contributed by atoms with van der Waals surface area (Å²) < 4.78 is 5.11. The molecule has 64 heavy (non-hydrogen) atoms. The fourth-order valence-electron chi connectivity index (χ4n) is 11.8. The number of fused-ring (bicyclic) bond motifs is 17. The topological polar surface area (TPSA) is 30.7 Å². The van der Waals surface area contributed by atoms with Crippen molar-refractivity contribution in [1.29, 1.82) is 0 Å². The second-order valence-corrected chi connectivity index (χ2v) is 18.9. The number of hydrogen-bond acceptors (Lipinski definition) is 3. The molecule has 0 aliphatic heterocycles. The van der Waals surface area contributed by atoms with E-state index in [-0.39, 0.29) is 5.41 Å². The fraction of sp³-hybridized carbons (Fsp3) is 0.100. The summed E-state index contributed by atoms with van der Waals surface area (Å²) in [5, 5.41) is 10.5. The Hall–Kier alpha value is -7.40. The van der Waals surface area contributed by atoms with Gasteiger partial charge in [0.2, 0.25) is 0 Å². The van der Waals surface area contributed by atoms with Crippen LogP contribution in [-0.4, -0.2) is 14.5 Å². The van der Waals surface area contributed by atoms with E-state index in [9.17, 15) is 0 Å². The summed E-state index contributed by atoms with van der Waals surface area (Å²) in [7, 11) is 0. The minimum atomic E-state index is -0.0448. The summed E-state index contributed by atoms with van der Waals surface area (Å²) in [5.74, 6) is 0.742. The van der Waals surface area contributed by atoms with E-state index < -0.39 is 0 Å². The van der Waals surface area contributed by atoms with Gasteiger partial charge in [0.15, 0.2) is 5.82 Å². The third kappa shape index (κ3) is 5.09. The zero-order valence-electron chi connectivity index (χ0n) is 35.2. The molecule has 3 nitrogen and oxygen atoms in total. The largest absolute Gasteiger partial charge is 0.309 e. The molecule has 9 aromatic carbocycles. The van der Waals surface area contributed by atoms with E-state index in [1.54, 1.807) is 0 Å². The molecule has 1 saturated carbocycles. The summed E-state index contributed by atoms with van der Waals surface area (Å²) in [6, 6.07) is 69.4. The van der Waals surface area contributed by atoms with Crippen molar-refractivity contribution in [1.82, 2.24) is 14.5 Å². The quantitative estimate of drug-likeness (QED) is 0.177. The van der Waals surface area contributed by atoms with Crippen LogP contribution >= 0.6 is 11.3 Å². The molecule has 3 aromatic heterocycles. The van der Waals surface area contributed by atoms with Crippen molar-refractivity contribution >= 4 is 74.9 Å². The molecule has 2 aliphatic carbocycles. The minimum absolute atomic E-state index is 0.0448. The molecule has 3 heterocycles. The van der Waals surface area contributed by atoms with Gasteiger partial charge >= 0.3 is 0 Å². The van der Waals surface area contributed by atoms with Gasteiger partial charge in [0.25, 0.3) is 0 Å². The highest BCUT2D eigenvalue weighted by atomic mass is 32.1. The molecule has 0 radical (unpaired) electrons. The van der Waals surface area contributed by atoms with Crippen LogP contribution in [0.5, 0.6) is 0 Å². The van der Waals surface area contributed by atoms with Crippen LogP contribution in [0.25, 0.3) is 114 Å². The predicted octanol–water partition coefficient (Wildman–Crippen LogP) is 16.5. The lowest BCUT2D eigenvalue weighted by Gasteiger charge is -2.36. The predicted molar refractivity (Wildman–Crippen MR) is 270 cm³/mol. The third-order valence-corrected chi connectivity index (χ3v) is 15.8. The normalized spacial score (nSPS) is 14.4. The lowest BCUT2D eigenvalue weighted by Crippen LogP contribution is -2.28. The highest BCUT2D eigenvalue weighted by Gasteiger charge is 2.47. The van der Waals surface area contributed by atoms with Crippen LogP contribution in [-0.2, 0) is 5.41 Å². The maximum Gasteiger partial charge on any atom is 0.161 e. The molecule has 1 fully saturated rings. The number of nitrogens with zero attached hydrogens (tertiary/aromatic N) is 3. The Morgan fingerprint density at radius 3 is 1.97 bits per heavy atom. The Labute approximate surface area is 374 Å². The summed E-state index contributed by atoms with van der Waals surface area (Å²) in [6.45, 7) is 0. The van der Waals surface area contributed by atoms with Gasteiger partial charge in [-0.2, -0.15) is 0 Å². The second kappa shape index (κ2) is 13.8. The fourth-order valence-corrected chi connectivity index (χ4v) is 13.1. The highest BCUT2D eigenvalue weighted by Crippen LogP contribution is 2.61. The monoisotopic (exact) mass is 835 g/mol. The van der Waals surface area contributed by atoms with Crippen molar-refractivity contribution in [3.05, 3.63) is 199 Å². The second-order valence-electron chi connectivity index (χ2n) is 17.9. The molecule has 14 rings (SSSR count). The summed E-state index contributed by atoms with van der Waals surface area (Å²) in [6.07, 6.45) is 6.11. The van der Waals surface area contributed by atoms with Crippen LogP contribution in [0.15, 0.2) is 188 Å². The first-order valence-corrected chi connectivity index (χ1v) is 23.5. The molecular formula is C60H41N3S. The van der Waals surface area contributed by atoms with Gasteiger partial charge in [-0.1, -0.05) is 171 Å². The van der Waals surface area contributed by atoms with E-state index in [0.29, 0.717) is 0 Å². The zero-order valence-corrected chi connectivity index (χ0v) is 36.0. The van der Waals surface area contributed by atoms with Gasteiger partial charge < -0.3 is 4.57 Å². The first-order valence-electron chi connectivity index (χ1n) is 22.7. The van der Waals surface area contributed by atoms with Crippen molar-refractivity contribution in [2.24, 2.45) is 0 Å². The van der Waals surface area contributed by atoms with Crippen molar-refractivity contribution in [2.45, 2.75) is 37.5 Å². The average molecular weight is 836 g/mol. The van der Waals surface area contributed by atoms with Gasteiger partial charge in [0.05, 0.1) is 22.4 Å². The highest BCUT2D eigenvalue weighted by molar-refractivity contribution is 7.26. The van der Waals surface area contributed by atoms with Crippen molar-refractivity contribution in [3.63, 3.8) is 0 Å². The van der Waals surface area contributed by atoms with Gasteiger partial charge in [-0.25, -0.2) is 9.97 Å².